The Bertz CT molecular complexity index is 427. The van der Waals surface area contributed by atoms with E-state index in [2.05, 4.69) is 12.0 Å². The highest BCUT2D eigenvalue weighted by Crippen LogP contribution is 2.22. The summed E-state index contributed by atoms with van der Waals surface area (Å²) in [6.45, 7) is 5.63. The summed E-state index contributed by atoms with van der Waals surface area (Å²) < 4.78 is 1.66. The maximum absolute atomic E-state index is 12.4. The summed E-state index contributed by atoms with van der Waals surface area (Å²) >= 11 is 0. The molecule has 1 unspecified atom stereocenters. The lowest BCUT2D eigenvalue weighted by Gasteiger charge is -2.34. The largest absolute Gasteiger partial charge is 0.384 e. The molecular weight excluding hydrogens is 228 g/mol. The number of likely N-dealkylation sites (tertiary alicyclic amines) is 1. The number of piperidine rings is 1. The lowest BCUT2D eigenvalue weighted by atomic mass is 9.99. The van der Waals surface area contributed by atoms with E-state index >= 15 is 0 Å². The van der Waals surface area contributed by atoms with Gasteiger partial charge in [0.2, 0.25) is 0 Å². The van der Waals surface area contributed by atoms with Crippen molar-refractivity contribution in [2.24, 2.45) is 0 Å². The number of carbonyl (C=O) groups excluding carboxylic acids is 1. The molecule has 1 aliphatic rings. The number of hydrogen-bond donors (Lipinski definition) is 1. The summed E-state index contributed by atoms with van der Waals surface area (Å²) in [6, 6.07) is 2.05. The standard InChI is InChI=1S/C13H22N4O/c1-3-10-7-5-6-8-16(10)13(18)11-9-12(14)17(4-2)15-11/h9-10H,3-8,14H2,1-2H3. The Morgan fingerprint density at radius 3 is 2.89 bits per heavy atom. The fourth-order valence-electron chi connectivity index (χ4n) is 2.63. The van der Waals surface area contributed by atoms with E-state index in [9.17, 15) is 4.79 Å². The van der Waals surface area contributed by atoms with E-state index in [0.29, 0.717) is 24.1 Å². The topological polar surface area (TPSA) is 64.2 Å². The van der Waals surface area contributed by atoms with Crippen LogP contribution in [0.5, 0.6) is 0 Å². The van der Waals surface area contributed by atoms with Crippen molar-refractivity contribution >= 4 is 11.7 Å². The molecule has 2 N–H and O–H groups in total. The average Bonchev–Trinajstić information content (AvgIpc) is 2.79. The van der Waals surface area contributed by atoms with E-state index in [-0.39, 0.29) is 5.91 Å². The third-order valence-corrected chi connectivity index (χ3v) is 3.69. The van der Waals surface area contributed by atoms with Crippen molar-refractivity contribution < 1.29 is 4.79 Å². The smallest absolute Gasteiger partial charge is 0.274 e. The highest BCUT2D eigenvalue weighted by Gasteiger charge is 2.27. The number of nitrogen functional groups attached to an aromatic ring is 1. The van der Waals surface area contributed by atoms with Crippen molar-refractivity contribution in [1.82, 2.24) is 14.7 Å². The number of nitrogens with two attached hydrogens (primary N) is 1. The number of amides is 1. The third-order valence-electron chi connectivity index (χ3n) is 3.69. The maximum atomic E-state index is 12.4. The van der Waals surface area contributed by atoms with Crippen LogP contribution in [-0.4, -0.2) is 33.2 Å². The molecule has 0 saturated carbocycles. The lowest BCUT2D eigenvalue weighted by molar-refractivity contribution is 0.0601. The van der Waals surface area contributed by atoms with Gasteiger partial charge in [0, 0.05) is 25.2 Å². The van der Waals surface area contributed by atoms with Gasteiger partial charge < -0.3 is 10.6 Å². The number of aromatic nitrogens is 2. The van der Waals surface area contributed by atoms with Crippen LogP contribution < -0.4 is 5.73 Å². The van der Waals surface area contributed by atoms with Crippen LogP contribution in [0, 0.1) is 0 Å². The molecule has 2 heterocycles. The van der Waals surface area contributed by atoms with Crippen molar-refractivity contribution in [3.8, 4) is 0 Å². The highest BCUT2D eigenvalue weighted by atomic mass is 16.2. The second kappa shape index (κ2) is 5.42. The molecule has 1 atom stereocenters. The number of aryl methyl sites for hydroxylation is 1. The minimum absolute atomic E-state index is 0.0282. The zero-order valence-corrected chi connectivity index (χ0v) is 11.2. The van der Waals surface area contributed by atoms with Gasteiger partial charge in [-0.15, -0.1) is 0 Å². The van der Waals surface area contributed by atoms with Crippen LogP contribution in [0.25, 0.3) is 0 Å². The van der Waals surface area contributed by atoms with Crippen molar-refractivity contribution in [3.63, 3.8) is 0 Å². The van der Waals surface area contributed by atoms with Crippen LogP contribution in [0.2, 0.25) is 0 Å². The van der Waals surface area contributed by atoms with Crippen molar-refractivity contribution in [2.75, 3.05) is 12.3 Å². The van der Waals surface area contributed by atoms with E-state index in [4.69, 9.17) is 5.73 Å². The van der Waals surface area contributed by atoms with Gasteiger partial charge in [0.05, 0.1) is 0 Å². The van der Waals surface area contributed by atoms with E-state index in [1.807, 2.05) is 11.8 Å². The first-order valence-corrected chi connectivity index (χ1v) is 6.81. The van der Waals surface area contributed by atoms with Gasteiger partial charge in [0.25, 0.3) is 5.91 Å². The number of carbonyl (C=O) groups is 1. The second-order valence-corrected chi connectivity index (χ2v) is 4.83. The van der Waals surface area contributed by atoms with Gasteiger partial charge in [-0.1, -0.05) is 6.92 Å². The molecule has 5 heteroatoms. The zero-order valence-electron chi connectivity index (χ0n) is 11.2. The molecule has 0 aliphatic carbocycles. The van der Waals surface area contributed by atoms with Gasteiger partial charge in [0.1, 0.15) is 5.82 Å². The van der Waals surface area contributed by atoms with Crippen LogP contribution in [0.1, 0.15) is 50.0 Å². The Hall–Kier alpha value is -1.52. The molecule has 100 valence electrons. The van der Waals surface area contributed by atoms with E-state index in [0.717, 1.165) is 25.8 Å². The lowest BCUT2D eigenvalue weighted by Crippen LogP contribution is -2.43. The van der Waals surface area contributed by atoms with Gasteiger partial charge in [-0.25, -0.2) is 4.68 Å². The molecule has 0 radical (unpaired) electrons. The van der Waals surface area contributed by atoms with E-state index in [1.165, 1.54) is 6.42 Å². The molecule has 1 aromatic rings. The Morgan fingerprint density at radius 2 is 2.28 bits per heavy atom. The van der Waals surface area contributed by atoms with Gasteiger partial charge in [-0.3, -0.25) is 4.79 Å². The van der Waals surface area contributed by atoms with E-state index < -0.39 is 0 Å². The molecule has 1 saturated heterocycles. The first-order valence-electron chi connectivity index (χ1n) is 6.81. The minimum atomic E-state index is 0.0282. The fraction of sp³-hybridized carbons (Fsp3) is 0.692. The fourth-order valence-corrected chi connectivity index (χ4v) is 2.63. The van der Waals surface area contributed by atoms with Gasteiger partial charge in [-0.2, -0.15) is 5.10 Å². The summed E-state index contributed by atoms with van der Waals surface area (Å²) in [7, 11) is 0. The molecule has 1 aliphatic heterocycles. The minimum Gasteiger partial charge on any atom is -0.384 e. The third kappa shape index (κ3) is 2.35. The summed E-state index contributed by atoms with van der Waals surface area (Å²) in [6.07, 6.45) is 4.42. The van der Waals surface area contributed by atoms with Crippen LogP contribution in [0.15, 0.2) is 6.07 Å². The van der Waals surface area contributed by atoms with Gasteiger partial charge in [0.15, 0.2) is 5.69 Å². The van der Waals surface area contributed by atoms with Crippen LogP contribution in [0.4, 0.5) is 5.82 Å². The summed E-state index contributed by atoms with van der Waals surface area (Å²) in [5.41, 5.74) is 6.30. The van der Waals surface area contributed by atoms with Gasteiger partial charge in [-0.05, 0) is 32.6 Å². The van der Waals surface area contributed by atoms with Crippen LogP contribution in [0.3, 0.4) is 0 Å². The number of nitrogens with zero attached hydrogens (tertiary/aromatic N) is 3. The molecule has 1 fully saturated rings. The quantitative estimate of drug-likeness (QED) is 0.891. The van der Waals surface area contributed by atoms with Gasteiger partial charge >= 0.3 is 0 Å². The Balaban J connectivity index is 2.18. The first-order chi connectivity index (χ1) is 8.67. The number of anilines is 1. The Kier molecular flexibility index (Phi) is 3.89. The predicted molar refractivity (Wildman–Crippen MR) is 71.3 cm³/mol. The molecule has 2 rings (SSSR count). The number of rotatable bonds is 3. The summed E-state index contributed by atoms with van der Waals surface area (Å²) in [5.74, 6) is 0.589. The normalized spacial score (nSPS) is 20.1. The zero-order chi connectivity index (χ0) is 13.1. The first kappa shape index (κ1) is 12.9. The second-order valence-electron chi connectivity index (χ2n) is 4.83. The maximum Gasteiger partial charge on any atom is 0.274 e. The van der Waals surface area contributed by atoms with Crippen LogP contribution in [-0.2, 0) is 6.54 Å². The predicted octanol–water partition coefficient (Wildman–Crippen LogP) is 1.89. The molecule has 0 spiro atoms. The molecule has 1 amide bonds. The Labute approximate surface area is 108 Å². The SMILES string of the molecule is CCC1CCCCN1C(=O)c1cc(N)n(CC)n1. The molecule has 18 heavy (non-hydrogen) atoms. The average molecular weight is 250 g/mol. The monoisotopic (exact) mass is 250 g/mol. The van der Waals surface area contributed by atoms with Crippen molar-refractivity contribution in [2.45, 2.75) is 52.1 Å². The van der Waals surface area contributed by atoms with Crippen molar-refractivity contribution in [1.29, 1.82) is 0 Å². The molecule has 0 aromatic carbocycles. The van der Waals surface area contributed by atoms with Crippen LogP contribution >= 0.6 is 0 Å². The molecule has 1 aromatic heterocycles. The highest BCUT2D eigenvalue weighted by molar-refractivity contribution is 5.93. The summed E-state index contributed by atoms with van der Waals surface area (Å²) in [5, 5.41) is 4.27. The summed E-state index contributed by atoms with van der Waals surface area (Å²) in [4.78, 5) is 14.4. The Morgan fingerprint density at radius 1 is 1.50 bits per heavy atom. The molecule has 0 bridgehead atoms. The number of hydrogen-bond acceptors (Lipinski definition) is 3. The van der Waals surface area contributed by atoms with Crippen molar-refractivity contribution in [3.05, 3.63) is 11.8 Å². The molecule has 5 nitrogen and oxygen atoms in total. The van der Waals surface area contributed by atoms with E-state index in [1.54, 1.807) is 10.7 Å². The molecular formula is C13H22N4O.